The van der Waals surface area contributed by atoms with Crippen molar-refractivity contribution in [1.82, 2.24) is 4.90 Å². The first-order chi connectivity index (χ1) is 13.2. The first-order valence-electron chi connectivity index (χ1n) is 11.6. The number of benzene rings is 1. The van der Waals surface area contributed by atoms with Crippen LogP contribution >= 0.6 is 0 Å². The lowest BCUT2D eigenvalue weighted by Gasteiger charge is -2.54. The fourth-order valence-electron chi connectivity index (χ4n) is 8.17. The lowest BCUT2D eigenvalue weighted by atomic mass is 9.51. The van der Waals surface area contributed by atoms with E-state index >= 15 is 0 Å². The predicted octanol–water partition coefficient (Wildman–Crippen LogP) is 4.96. The van der Waals surface area contributed by atoms with E-state index in [4.69, 9.17) is 0 Å². The Morgan fingerprint density at radius 3 is 2.30 bits per heavy atom. The van der Waals surface area contributed by atoms with Gasteiger partial charge in [-0.05, 0) is 104 Å². The molecule has 7 rings (SSSR count). The van der Waals surface area contributed by atoms with Crippen molar-refractivity contribution < 1.29 is 4.79 Å². The van der Waals surface area contributed by atoms with Crippen molar-refractivity contribution in [1.29, 1.82) is 0 Å². The molecule has 1 amide bonds. The topological polar surface area (TPSA) is 20.3 Å². The minimum atomic E-state index is 0.371. The summed E-state index contributed by atoms with van der Waals surface area (Å²) in [4.78, 5) is 15.4. The van der Waals surface area contributed by atoms with Crippen LogP contribution in [0.25, 0.3) is 0 Å². The molecule has 4 saturated carbocycles. The lowest BCUT2D eigenvalue weighted by Crippen LogP contribution is -2.49. The molecule has 0 unspecified atom stereocenters. The van der Waals surface area contributed by atoms with Gasteiger partial charge in [0.2, 0.25) is 5.91 Å². The third-order valence-electron chi connectivity index (χ3n) is 9.37. The molecule has 0 N–H and O–H groups in total. The second-order valence-electron chi connectivity index (χ2n) is 10.6. The zero-order chi connectivity index (χ0) is 18.0. The van der Waals surface area contributed by atoms with Crippen LogP contribution < -0.4 is 0 Å². The first-order valence-corrected chi connectivity index (χ1v) is 11.6. The number of rotatable bonds is 2. The molecule has 2 nitrogen and oxygen atoms in total. The maximum absolute atomic E-state index is 13.2. The van der Waals surface area contributed by atoms with E-state index in [1.165, 1.54) is 57.8 Å². The number of carbonyl (C=O) groups is 1. The average Bonchev–Trinajstić information content (AvgIpc) is 3.03. The Morgan fingerprint density at radius 1 is 0.926 bits per heavy atom. The van der Waals surface area contributed by atoms with Gasteiger partial charge < -0.3 is 4.90 Å². The van der Waals surface area contributed by atoms with Gasteiger partial charge in [0.15, 0.2) is 0 Å². The normalized spacial score (nSPS) is 38.4. The van der Waals surface area contributed by atoms with E-state index in [9.17, 15) is 4.79 Å². The third-order valence-corrected chi connectivity index (χ3v) is 9.37. The van der Waals surface area contributed by atoms with Crippen LogP contribution in [0.3, 0.4) is 0 Å². The van der Waals surface area contributed by atoms with Gasteiger partial charge in [0.05, 0.1) is 0 Å². The number of hydrogen-bond donors (Lipinski definition) is 0. The smallest absolute Gasteiger partial charge is 0.222 e. The van der Waals surface area contributed by atoms with E-state index in [-0.39, 0.29) is 0 Å². The molecule has 6 aliphatic rings. The highest BCUT2D eigenvalue weighted by molar-refractivity contribution is 5.76. The molecule has 0 aromatic heterocycles. The molecular formula is C25H33NO. The largest absolute Gasteiger partial charge is 0.343 e. The Hall–Kier alpha value is -1.31. The molecule has 2 heteroatoms. The second kappa shape index (κ2) is 6.09. The van der Waals surface area contributed by atoms with Gasteiger partial charge in [-0.3, -0.25) is 4.79 Å². The predicted molar refractivity (Wildman–Crippen MR) is 107 cm³/mol. The fraction of sp³-hybridized carbons (Fsp3) is 0.720. The minimum absolute atomic E-state index is 0.371. The van der Waals surface area contributed by atoms with E-state index < -0.39 is 0 Å². The van der Waals surface area contributed by atoms with Gasteiger partial charge in [-0.1, -0.05) is 24.3 Å². The van der Waals surface area contributed by atoms with Crippen LogP contribution in [-0.4, -0.2) is 23.9 Å². The number of piperidine rings is 1. The van der Waals surface area contributed by atoms with E-state index in [2.05, 4.69) is 29.2 Å². The van der Waals surface area contributed by atoms with Crippen molar-refractivity contribution in [3.63, 3.8) is 0 Å². The summed E-state index contributed by atoms with van der Waals surface area (Å²) < 4.78 is 0. The van der Waals surface area contributed by atoms with Crippen LogP contribution in [0.5, 0.6) is 0 Å². The maximum Gasteiger partial charge on any atom is 0.222 e. The minimum Gasteiger partial charge on any atom is -0.343 e. The molecule has 5 aliphatic carbocycles. The maximum atomic E-state index is 13.2. The summed E-state index contributed by atoms with van der Waals surface area (Å²) in [5.74, 6) is 4.97. The molecule has 5 fully saturated rings. The van der Waals surface area contributed by atoms with E-state index in [1.54, 1.807) is 11.1 Å². The number of aryl methyl sites for hydroxylation is 1. The highest BCUT2D eigenvalue weighted by Crippen LogP contribution is 2.57. The second-order valence-corrected chi connectivity index (χ2v) is 10.6. The number of amides is 1. The Morgan fingerprint density at radius 2 is 1.59 bits per heavy atom. The van der Waals surface area contributed by atoms with Gasteiger partial charge in [-0.2, -0.15) is 0 Å². The van der Waals surface area contributed by atoms with Gasteiger partial charge in [0.25, 0.3) is 0 Å². The molecule has 1 aromatic carbocycles. The zero-order valence-electron chi connectivity index (χ0n) is 16.5. The summed E-state index contributed by atoms with van der Waals surface area (Å²) in [6.07, 6.45) is 13.0. The van der Waals surface area contributed by atoms with Crippen LogP contribution in [0.4, 0.5) is 0 Å². The van der Waals surface area contributed by atoms with Crippen LogP contribution in [0.15, 0.2) is 24.3 Å². The van der Waals surface area contributed by atoms with Crippen LogP contribution in [0, 0.1) is 29.6 Å². The quantitative estimate of drug-likeness (QED) is 0.727. The van der Waals surface area contributed by atoms with Crippen LogP contribution in [0.2, 0.25) is 0 Å². The Balaban J connectivity index is 1.11. The summed E-state index contributed by atoms with van der Waals surface area (Å²) >= 11 is 0. The third kappa shape index (κ3) is 2.62. The van der Waals surface area contributed by atoms with Gasteiger partial charge >= 0.3 is 0 Å². The Kier molecular flexibility index (Phi) is 3.75. The molecule has 1 aromatic rings. The molecule has 1 heterocycles. The molecule has 27 heavy (non-hydrogen) atoms. The summed E-state index contributed by atoms with van der Waals surface area (Å²) in [7, 11) is 0. The van der Waals surface area contributed by atoms with E-state index in [0.29, 0.717) is 17.2 Å². The van der Waals surface area contributed by atoms with Crippen LogP contribution in [-0.2, 0) is 16.6 Å². The number of nitrogens with zero attached hydrogens (tertiary/aromatic N) is 1. The lowest BCUT2D eigenvalue weighted by molar-refractivity contribution is -0.138. The number of hydrogen-bond acceptors (Lipinski definition) is 1. The average molecular weight is 364 g/mol. The van der Waals surface area contributed by atoms with Crippen LogP contribution in [0.1, 0.15) is 68.9 Å². The Labute approximate surface area is 163 Å². The summed E-state index contributed by atoms with van der Waals surface area (Å²) in [5, 5.41) is 0. The highest BCUT2D eigenvalue weighted by Gasteiger charge is 2.49. The fourth-order valence-corrected chi connectivity index (χ4v) is 8.17. The van der Waals surface area contributed by atoms with Crippen molar-refractivity contribution in [3.05, 3.63) is 35.4 Å². The molecule has 4 bridgehead atoms. The zero-order valence-corrected chi connectivity index (χ0v) is 16.5. The monoisotopic (exact) mass is 363 g/mol. The van der Waals surface area contributed by atoms with Gasteiger partial charge in [0.1, 0.15) is 0 Å². The summed E-state index contributed by atoms with van der Waals surface area (Å²) in [6, 6.07) is 9.06. The van der Waals surface area contributed by atoms with Crippen molar-refractivity contribution in [2.45, 2.75) is 69.6 Å². The van der Waals surface area contributed by atoms with E-state index in [1.807, 2.05) is 0 Å². The summed E-state index contributed by atoms with van der Waals surface area (Å²) in [6.45, 7) is 1.97. The standard InChI is InChI=1S/C25H33NO/c27-24(16-22-20-12-17-11-18(14-20)15-21(22)13-17)26-9-7-25(8-10-26)6-5-19-3-1-2-4-23(19)25/h1-4,17-18,20-22H,5-16H2. The van der Waals surface area contributed by atoms with Crippen molar-refractivity contribution in [2.75, 3.05) is 13.1 Å². The summed E-state index contributed by atoms with van der Waals surface area (Å²) in [5.41, 5.74) is 3.53. The van der Waals surface area contributed by atoms with Gasteiger partial charge in [0, 0.05) is 19.5 Å². The Bertz CT molecular complexity index is 716. The molecule has 1 saturated heterocycles. The molecule has 0 radical (unpaired) electrons. The van der Waals surface area contributed by atoms with Crippen molar-refractivity contribution in [2.24, 2.45) is 29.6 Å². The molecule has 144 valence electrons. The SMILES string of the molecule is O=C(CC1C2CC3CC(C2)CC1C3)N1CCC2(CCc3ccccc32)CC1. The van der Waals surface area contributed by atoms with Gasteiger partial charge in [-0.25, -0.2) is 0 Å². The molecule has 1 aliphatic heterocycles. The highest BCUT2D eigenvalue weighted by atomic mass is 16.2. The molecular weight excluding hydrogens is 330 g/mol. The first kappa shape index (κ1) is 16.6. The molecule has 1 spiro atoms. The number of likely N-dealkylation sites (tertiary alicyclic amines) is 1. The number of fused-ring (bicyclic) bond motifs is 2. The van der Waals surface area contributed by atoms with Crippen molar-refractivity contribution >= 4 is 5.91 Å². The van der Waals surface area contributed by atoms with Crippen molar-refractivity contribution in [3.8, 4) is 0 Å². The number of carbonyl (C=O) groups excluding carboxylic acids is 1. The van der Waals surface area contributed by atoms with Gasteiger partial charge in [-0.15, -0.1) is 0 Å². The van der Waals surface area contributed by atoms with E-state index in [0.717, 1.165) is 43.2 Å². The molecule has 0 atom stereocenters.